The monoisotopic (exact) mass is 460 g/mol. The minimum atomic E-state index is -0.358. The molecular formula is C24H24N6O2S. The van der Waals surface area contributed by atoms with Crippen LogP contribution in [0.5, 0.6) is 0 Å². The molecule has 4 aromatic rings. The number of nitro groups is 1. The molecule has 0 radical (unpaired) electrons. The number of piperazine rings is 1. The van der Waals surface area contributed by atoms with Crippen LogP contribution in [-0.2, 0) is 0 Å². The Labute approximate surface area is 195 Å². The average Bonchev–Trinajstić information content (AvgIpc) is 3.28. The summed E-state index contributed by atoms with van der Waals surface area (Å²) in [6.07, 6.45) is 1.76. The maximum atomic E-state index is 11.5. The van der Waals surface area contributed by atoms with E-state index in [1.54, 1.807) is 24.4 Å². The molecule has 1 N–H and O–H groups in total. The summed E-state index contributed by atoms with van der Waals surface area (Å²) < 4.78 is 0.885. The molecule has 9 heteroatoms. The minimum Gasteiger partial charge on any atom is -0.369 e. The van der Waals surface area contributed by atoms with Gasteiger partial charge >= 0.3 is 0 Å². The van der Waals surface area contributed by atoms with Gasteiger partial charge in [-0.25, -0.2) is 9.97 Å². The van der Waals surface area contributed by atoms with Crippen molar-refractivity contribution in [2.45, 2.75) is 6.92 Å². The largest absolute Gasteiger partial charge is 0.369 e. The highest BCUT2D eigenvalue weighted by molar-refractivity contribution is 7.17. The molecule has 0 spiro atoms. The number of likely N-dealkylation sites (N-methyl/N-ethyl adjacent to an activating group) is 1. The molecule has 3 heterocycles. The normalized spacial score (nSPS) is 14.5. The lowest BCUT2D eigenvalue weighted by Crippen LogP contribution is -2.46. The smallest absolute Gasteiger partial charge is 0.277 e. The Morgan fingerprint density at radius 1 is 1.06 bits per heavy atom. The molecule has 0 bridgehead atoms. The zero-order valence-corrected chi connectivity index (χ0v) is 19.1. The van der Waals surface area contributed by atoms with Gasteiger partial charge in [-0.15, -0.1) is 11.3 Å². The van der Waals surface area contributed by atoms with Crippen LogP contribution in [0.25, 0.3) is 21.3 Å². The van der Waals surface area contributed by atoms with Crippen molar-refractivity contribution in [2.75, 3.05) is 42.9 Å². The molecule has 8 nitrogen and oxygen atoms in total. The first kappa shape index (κ1) is 21.3. The van der Waals surface area contributed by atoms with Crippen LogP contribution in [-0.4, -0.2) is 52.5 Å². The maximum absolute atomic E-state index is 11.5. The second-order valence-corrected chi connectivity index (χ2v) is 8.83. The van der Waals surface area contributed by atoms with Crippen molar-refractivity contribution >= 4 is 44.6 Å². The van der Waals surface area contributed by atoms with Crippen molar-refractivity contribution in [3.63, 3.8) is 0 Å². The number of hydrogen-bond donors (Lipinski definition) is 1. The third-order valence-corrected chi connectivity index (χ3v) is 6.92. The average molecular weight is 461 g/mol. The zero-order valence-electron chi connectivity index (χ0n) is 18.3. The molecule has 1 aliphatic heterocycles. The van der Waals surface area contributed by atoms with Crippen molar-refractivity contribution in [3.05, 3.63) is 70.2 Å². The summed E-state index contributed by atoms with van der Waals surface area (Å²) in [4.78, 5) is 25.1. The number of para-hydroxylation sites is 1. The molecule has 5 rings (SSSR count). The number of nitrogens with zero attached hydrogens (tertiary/aromatic N) is 5. The van der Waals surface area contributed by atoms with E-state index in [9.17, 15) is 10.1 Å². The van der Waals surface area contributed by atoms with Crippen LogP contribution in [0, 0.1) is 10.1 Å². The zero-order chi connectivity index (χ0) is 22.8. The number of nitrogens with one attached hydrogen (secondary N) is 1. The van der Waals surface area contributed by atoms with E-state index in [2.05, 4.69) is 44.1 Å². The van der Waals surface area contributed by atoms with Gasteiger partial charge in [0, 0.05) is 54.6 Å². The molecule has 2 aromatic heterocycles. The van der Waals surface area contributed by atoms with E-state index in [4.69, 9.17) is 0 Å². The van der Waals surface area contributed by atoms with Crippen molar-refractivity contribution in [3.8, 4) is 11.1 Å². The van der Waals surface area contributed by atoms with Gasteiger partial charge in [-0.05, 0) is 36.9 Å². The molecule has 0 aliphatic carbocycles. The van der Waals surface area contributed by atoms with Gasteiger partial charge in [0.1, 0.15) is 0 Å². The molecule has 168 valence electrons. The van der Waals surface area contributed by atoms with Gasteiger partial charge in [0.15, 0.2) is 0 Å². The number of fused-ring (bicyclic) bond motifs is 1. The Morgan fingerprint density at radius 2 is 1.82 bits per heavy atom. The Kier molecular flexibility index (Phi) is 5.89. The molecule has 2 aromatic carbocycles. The minimum absolute atomic E-state index is 0.0701. The van der Waals surface area contributed by atoms with E-state index >= 15 is 0 Å². The van der Waals surface area contributed by atoms with E-state index in [0.717, 1.165) is 48.7 Å². The number of aromatic nitrogens is 2. The lowest BCUT2D eigenvalue weighted by Gasteiger charge is -2.35. The second kappa shape index (κ2) is 9.13. The van der Waals surface area contributed by atoms with Crippen LogP contribution in [0.4, 0.5) is 23.0 Å². The lowest BCUT2D eigenvalue weighted by molar-refractivity contribution is -0.384. The summed E-state index contributed by atoms with van der Waals surface area (Å²) >= 11 is 1.48. The Balaban J connectivity index is 1.37. The van der Waals surface area contributed by atoms with Crippen LogP contribution in [0.2, 0.25) is 0 Å². The number of benzene rings is 2. The van der Waals surface area contributed by atoms with Crippen molar-refractivity contribution in [1.29, 1.82) is 0 Å². The molecule has 0 saturated carbocycles. The number of hydrogen-bond acceptors (Lipinski definition) is 8. The number of anilines is 3. The van der Waals surface area contributed by atoms with Gasteiger partial charge in [0.25, 0.3) is 5.69 Å². The first-order valence-corrected chi connectivity index (χ1v) is 11.8. The predicted molar refractivity (Wildman–Crippen MR) is 134 cm³/mol. The topological polar surface area (TPSA) is 87.4 Å². The Bertz CT molecular complexity index is 1280. The summed E-state index contributed by atoms with van der Waals surface area (Å²) in [6.45, 7) is 7.56. The Hall–Kier alpha value is -3.56. The SMILES string of the molecule is CCN1CCN(c2ccc(Nc3ncc4scc(-c5ccccc5[N+](=O)[O-])c4n3)cc2)CC1. The summed E-state index contributed by atoms with van der Waals surface area (Å²) in [6, 6.07) is 15.0. The highest BCUT2D eigenvalue weighted by Gasteiger charge is 2.19. The van der Waals surface area contributed by atoms with Gasteiger partial charge in [-0.3, -0.25) is 10.1 Å². The highest BCUT2D eigenvalue weighted by Crippen LogP contribution is 2.37. The Morgan fingerprint density at radius 3 is 2.55 bits per heavy atom. The van der Waals surface area contributed by atoms with E-state index < -0.39 is 0 Å². The van der Waals surface area contributed by atoms with E-state index in [-0.39, 0.29) is 10.6 Å². The summed E-state index contributed by atoms with van der Waals surface area (Å²) in [5, 5.41) is 16.7. The van der Waals surface area contributed by atoms with Crippen LogP contribution < -0.4 is 10.2 Å². The fourth-order valence-electron chi connectivity index (χ4n) is 4.15. The van der Waals surface area contributed by atoms with Crippen LogP contribution in [0.15, 0.2) is 60.1 Å². The first-order valence-electron chi connectivity index (χ1n) is 10.9. The molecule has 33 heavy (non-hydrogen) atoms. The lowest BCUT2D eigenvalue weighted by atomic mass is 10.1. The third-order valence-electron chi connectivity index (χ3n) is 6.01. The fourth-order valence-corrected chi connectivity index (χ4v) is 5.01. The quantitative estimate of drug-likeness (QED) is 0.314. The van der Waals surface area contributed by atoms with E-state index in [1.165, 1.54) is 23.1 Å². The van der Waals surface area contributed by atoms with Crippen molar-refractivity contribution in [1.82, 2.24) is 14.9 Å². The first-order chi connectivity index (χ1) is 16.1. The van der Waals surface area contributed by atoms with Gasteiger partial charge in [-0.1, -0.05) is 19.1 Å². The highest BCUT2D eigenvalue weighted by atomic mass is 32.1. The standard InChI is InChI=1S/C24H24N6O2S/c1-2-28-11-13-29(14-12-28)18-9-7-17(8-10-18)26-24-25-15-22-23(27-24)20(16-33-22)19-5-3-4-6-21(19)30(31)32/h3-10,15-16H,2,11-14H2,1H3,(H,25,26,27). The maximum Gasteiger partial charge on any atom is 0.277 e. The van der Waals surface area contributed by atoms with Gasteiger partial charge in [0.05, 0.1) is 26.9 Å². The molecule has 1 fully saturated rings. The van der Waals surface area contributed by atoms with Gasteiger partial charge in [-0.2, -0.15) is 0 Å². The molecule has 0 unspecified atom stereocenters. The van der Waals surface area contributed by atoms with Crippen LogP contribution >= 0.6 is 11.3 Å². The molecule has 1 saturated heterocycles. The molecule has 0 atom stereocenters. The number of rotatable bonds is 6. The number of nitro benzene ring substituents is 1. The molecular weight excluding hydrogens is 436 g/mol. The summed E-state index contributed by atoms with van der Waals surface area (Å²) in [5.41, 5.74) is 4.19. The molecule has 0 amide bonds. The predicted octanol–water partition coefficient (Wildman–Crippen LogP) is 5.15. The van der Waals surface area contributed by atoms with Gasteiger partial charge in [0.2, 0.25) is 5.95 Å². The van der Waals surface area contributed by atoms with Crippen LogP contribution in [0.1, 0.15) is 6.92 Å². The number of thiophene rings is 1. The van der Waals surface area contributed by atoms with Crippen molar-refractivity contribution in [2.24, 2.45) is 0 Å². The van der Waals surface area contributed by atoms with Crippen molar-refractivity contribution < 1.29 is 4.92 Å². The fraction of sp³-hybridized carbons (Fsp3) is 0.250. The third kappa shape index (κ3) is 4.37. The summed E-state index contributed by atoms with van der Waals surface area (Å²) in [5.74, 6) is 0.463. The van der Waals surface area contributed by atoms with E-state index in [1.807, 2.05) is 17.5 Å². The second-order valence-electron chi connectivity index (χ2n) is 7.92. The van der Waals surface area contributed by atoms with Gasteiger partial charge < -0.3 is 15.1 Å². The molecule has 1 aliphatic rings. The van der Waals surface area contributed by atoms with E-state index in [0.29, 0.717) is 17.0 Å². The summed E-state index contributed by atoms with van der Waals surface area (Å²) in [7, 11) is 0. The van der Waals surface area contributed by atoms with Crippen LogP contribution in [0.3, 0.4) is 0 Å².